The van der Waals surface area contributed by atoms with Gasteiger partial charge in [0.1, 0.15) is 10.7 Å². The third kappa shape index (κ3) is 2.15. The molecule has 0 aliphatic carbocycles. The number of primary sulfonamides is 1. The highest BCUT2D eigenvalue weighted by molar-refractivity contribution is 7.89. The molecule has 14 heavy (non-hydrogen) atoms. The van der Waals surface area contributed by atoms with Crippen LogP contribution in [0.5, 0.6) is 0 Å². The van der Waals surface area contributed by atoms with Crippen molar-refractivity contribution in [3.63, 3.8) is 0 Å². The fourth-order valence-corrected chi connectivity index (χ4v) is 1.46. The van der Waals surface area contributed by atoms with Crippen LogP contribution in [-0.2, 0) is 10.0 Å². The summed E-state index contributed by atoms with van der Waals surface area (Å²) >= 11 is 0. The molecule has 0 amide bonds. The second-order valence-corrected chi connectivity index (χ2v) is 4.03. The smallest absolute Gasteiger partial charge is 0.265 e. The number of nitrogen functional groups attached to an aromatic ring is 1. The van der Waals surface area contributed by atoms with Crippen LogP contribution in [-0.4, -0.2) is 13.4 Å². The maximum Gasteiger partial charge on any atom is 0.265 e. The highest BCUT2D eigenvalue weighted by atomic mass is 32.2. The monoisotopic (exact) mass is 223 g/mol. The molecular formula is C6H7F2N3O2S. The van der Waals surface area contributed by atoms with Gasteiger partial charge < -0.3 is 5.73 Å². The van der Waals surface area contributed by atoms with E-state index in [4.69, 9.17) is 10.9 Å². The number of hydrogen-bond acceptors (Lipinski definition) is 4. The van der Waals surface area contributed by atoms with Crippen LogP contribution in [0.3, 0.4) is 0 Å². The van der Waals surface area contributed by atoms with Crippen LogP contribution in [0.2, 0.25) is 0 Å². The molecule has 0 bridgehead atoms. The summed E-state index contributed by atoms with van der Waals surface area (Å²) in [6.45, 7) is 0. The molecule has 0 saturated heterocycles. The molecule has 0 spiro atoms. The first kappa shape index (κ1) is 10.8. The molecule has 0 fully saturated rings. The lowest BCUT2D eigenvalue weighted by Crippen LogP contribution is -2.15. The number of anilines is 1. The van der Waals surface area contributed by atoms with E-state index in [0.717, 1.165) is 6.20 Å². The minimum Gasteiger partial charge on any atom is -0.383 e. The first-order valence-corrected chi connectivity index (χ1v) is 4.93. The molecular weight excluding hydrogens is 216 g/mol. The van der Waals surface area contributed by atoms with Crippen molar-refractivity contribution in [3.8, 4) is 0 Å². The van der Waals surface area contributed by atoms with Crippen LogP contribution in [0, 0.1) is 0 Å². The Morgan fingerprint density at radius 3 is 2.43 bits per heavy atom. The fraction of sp³-hybridized carbons (Fsp3) is 0.167. The molecule has 8 heteroatoms. The number of halogens is 2. The molecule has 0 aromatic carbocycles. The van der Waals surface area contributed by atoms with Gasteiger partial charge >= 0.3 is 0 Å². The molecule has 0 atom stereocenters. The molecule has 4 N–H and O–H groups in total. The van der Waals surface area contributed by atoms with Gasteiger partial charge in [0, 0.05) is 11.8 Å². The molecule has 1 aromatic heterocycles. The lowest BCUT2D eigenvalue weighted by Gasteiger charge is -2.04. The van der Waals surface area contributed by atoms with Gasteiger partial charge in [-0.05, 0) is 6.07 Å². The number of hydrogen-bond donors (Lipinski definition) is 2. The molecule has 0 saturated carbocycles. The van der Waals surface area contributed by atoms with Crippen molar-refractivity contribution in [2.45, 2.75) is 11.3 Å². The quantitative estimate of drug-likeness (QED) is 0.750. The van der Waals surface area contributed by atoms with E-state index in [-0.39, 0.29) is 0 Å². The molecule has 1 rings (SSSR count). The Hall–Kier alpha value is -1.28. The highest BCUT2D eigenvalue weighted by Gasteiger charge is 2.17. The van der Waals surface area contributed by atoms with Crippen molar-refractivity contribution in [2.75, 3.05) is 5.73 Å². The molecule has 0 aliphatic rings. The number of pyridine rings is 1. The van der Waals surface area contributed by atoms with Crippen LogP contribution in [0.25, 0.3) is 0 Å². The third-order valence-electron chi connectivity index (χ3n) is 1.46. The predicted octanol–water partition coefficient (Wildman–Crippen LogP) is 0.249. The van der Waals surface area contributed by atoms with Crippen molar-refractivity contribution < 1.29 is 17.2 Å². The summed E-state index contributed by atoms with van der Waals surface area (Å²) in [4.78, 5) is 2.72. The summed E-state index contributed by atoms with van der Waals surface area (Å²) < 4.78 is 46.0. The van der Waals surface area contributed by atoms with E-state index in [0.29, 0.717) is 6.07 Å². The predicted molar refractivity (Wildman–Crippen MR) is 45.0 cm³/mol. The normalized spacial score (nSPS) is 12.0. The Morgan fingerprint density at radius 1 is 1.43 bits per heavy atom. The van der Waals surface area contributed by atoms with Gasteiger partial charge in [0.25, 0.3) is 6.43 Å². The number of aromatic nitrogens is 1. The summed E-state index contributed by atoms with van der Waals surface area (Å²) in [5.74, 6) is -0.392. The summed E-state index contributed by atoms with van der Waals surface area (Å²) in [6.07, 6.45) is -2.02. The molecule has 1 aromatic rings. The lowest BCUT2D eigenvalue weighted by molar-refractivity contribution is 0.150. The van der Waals surface area contributed by atoms with Crippen molar-refractivity contribution in [1.29, 1.82) is 0 Å². The maximum atomic E-state index is 12.2. The van der Waals surface area contributed by atoms with Crippen LogP contribution < -0.4 is 10.9 Å². The van der Waals surface area contributed by atoms with Gasteiger partial charge in [-0.3, -0.25) is 0 Å². The summed E-state index contributed by atoms with van der Waals surface area (Å²) in [5.41, 5.74) is 4.62. The van der Waals surface area contributed by atoms with Crippen LogP contribution in [0.1, 0.15) is 12.0 Å². The number of nitrogens with two attached hydrogens (primary N) is 2. The number of nitrogens with zero attached hydrogens (tertiary/aromatic N) is 1. The molecule has 5 nitrogen and oxygen atoms in total. The van der Waals surface area contributed by atoms with Crippen LogP contribution in [0.15, 0.2) is 17.2 Å². The third-order valence-corrected chi connectivity index (χ3v) is 2.40. The van der Waals surface area contributed by atoms with E-state index in [9.17, 15) is 17.2 Å². The number of alkyl halides is 2. The average Bonchev–Trinajstić information content (AvgIpc) is 2.02. The van der Waals surface area contributed by atoms with Gasteiger partial charge in [-0.2, -0.15) is 0 Å². The molecule has 1 heterocycles. The second kappa shape index (κ2) is 3.46. The Kier molecular flexibility index (Phi) is 2.67. The minimum absolute atomic E-state index is 0.392. The van der Waals surface area contributed by atoms with E-state index in [2.05, 4.69) is 4.98 Å². The van der Waals surface area contributed by atoms with E-state index < -0.39 is 32.7 Å². The second-order valence-electron chi connectivity index (χ2n) is 2.50. The summed E-state index contributed by atoms with van der Waals surface area (Å²) in [7, 11) is -4.11. The van der Waals surface area contributed by atoms with E-state index in [1.165, 1.54) is 0 Å². The van der Waals surface area contributed by atoms with Crippen LogP contribution in [0.4, 0.5) is 14.6 Å². The van der Waals surface area contributed by atoms with Gasteiger partial charge in [-0.15, -0.1) is 0 Å². The highest BCUT2D eigenvalue weighted by Crippen LogP contribution is 2.23. The average molecular weight is 223 g/mol. The molecule has 0 aliphatic heterocycles. The summed E-state index contributed by atoms with van der Waals surface area (Å²) in [5, 5.41) is 4.73. The lowest BCUT2D eigenvalue weighted by atomic mass is 10.3. The summed E-state index contributed by atoms with van der Waals surface area (Å²) in [6, 6.07) is 0.711. The van der Waals surface area contributed by atoms with Crippen molar-refractivity contribution in [3.05, 3.63) is 17.8 Å². The standard InChI is InChI=1S/C6H7F2N3O2S/c7-5(8)3-1-4(14(10,12)13)6(9)11-2-3/h1-2,5H,(H2,9,11)(H2,10,12,13). The first-order chi connectivity index (χ1) is 6.32. The minimum atomic E-state index is -4.11. The molecule has 0 unspecified atom stereocenters. The van der Waals surface area contributed by atoms with E-state index in [1.54, 1.807) is 0 Å². The van der Waals surface area contributed by atoms with Crippen LogP contribution >= 0.6 is 0 Å². The Morgan fingerprint density at radius 2 is 2.00 bits per heavy atom. The van der Waals surface area contributed by atoms with Gasteiger partial charge in [0.15, 0.2) is 0 Å². The Labute approximate surface area is 78.8 Å². The van der Waals surface area contributed by atoms with Crippen molar-refractivity contribution in [1.82, 2.24) is 4.98 Å². The first-order valence-electron chi connectivity index (χ1n) is 3.38. The van der Waals surface area contributed by atoms with Gasteiger partial charge in [-0.25, -0.2) is 27.3 Å². The Bertz CT molecular complexity index is 446. The zero-order valence-corrected chi connectivity index (χ0v) is 7.63. The van der Waals surface area contributed by atoms with Crippen molar-refractivity contribution >= 4 is 15.8 Å². The number of sulfonamides is 1. The topological polar surface area (TPSA) is 99.1 Å². The van der Waals surface area contributed by atoms with E-state index in [1.807, 2.05) is 0 Å². The van der Waals surface area contributed by atoms with E-state index >= 15 is 0 Å². The Balaban J connectivity index is 3.37. The van der Waals surface area contributed by atoms with Crippen molar-refractivity contribution in [2.24, 2.45) is 5.14 Å². The number of rotatable bonds is 2. The maximum absolute atomic E-state index is 12.2. The SMILES string of the molecule is Nc1ncc(C(F)F)cc1S(N)(=O)=O. The fourth-order valence-electron chi connectivity index (χ4n) is 0.818. The molecule has 0 radical (unpaired) electrons. The molecule has 78 valence electrons. The van der Waals surface area contributed by atoms with Gasteiger partial charge in [0.05, 0.1) is 0 Å². The zero-order chi connectivity index (χ0) is 10.9. The largest absolute Gasteiger partial charge is 0.383 e. The zero-order valence-electron chi connectivity index (χ0n) is 6.81. The van der Waals surface area contributed by atoms with Gasteiger partial charge in [0.2, 0.25) is 10.0 Å². The van der Waals surface area contributed by atoms with Gasteiger partial charge in [-0.1, -0.05) is 0 Å².